The lowest BCUT2D eigenvalue weighted by Gasteiger charge is -2.22. The molecule has 1 saturated heterocycles. The Balaban J connectivity index is 1.69. The molecule has 1 amide bonds. The minimum Gasteiger partial charge on any atom is -0.360 e. The third-order valence-corrected chi connectivity index (χ3v) is 4.53. The second-order valence-electron chi connectivity index (χ2n) is 5.53. The molecule has 2 N–H and O–H groups in total. The zero-order valence-corrected chi connectivity index (χ0v) is 12.9. The summed E-state index contributed by atoms with van der Waals surface area (Å²) in [5.74, 6) is -0.0217. The van der Waals surface area contributed by atoms with E-state index in [1.807, 2.05) is 18.2 Å². The number of aromatic amines is 1. The van der Waals surface area contributed by atoms with Crippen molar-refractivity contribution >= 4 is 28.4 Å². The SMILES string of the molecule is CCN1CCC[C@@H]1CNC(=O)c1c[nH]c2cc(Cl)ccc12. The molecule has 112 valence electrons. The first kappa shape index (κ1) is 14.4. The first-order valence-corrected chi connectivity index (χ1v) is 7.85. The van der Waals surface area contributed by atoms with Gasteiger partial charge in [-0.25, -0.2) is 0 Å². The van der Waals surface area contributed by atoms with E-state index in [0.717, 1.165) is 30.4 Å². The highest BCUT2D eigenvalue weighted by molar-refractivity contribution is 6.31. The first-order valence-electron chi connectivity index (χ1n) is 7.48. The van der Waals surface area contributed by atoms with Crippen LogP contribution in [0.5, 0.6) is 0 Å². The van der Waals surface area contributed by atoms with Gasteiger partial charge in [-0.2, -0.15) is 0 Å². The van der Waals surface area contributed by atoms with Crippen LogP contribution in [0.3, 0.4) is 0 Å². The lowest BCUT2D eigenvalue weighted by atomic mass is 10.1. The maximum absolute atomic E-state index is 12.4. The fourth-order valence-electron chi connectivity index (χ4n) is 3.13. The topological polar surface area (TPSA) is 48.1 Å². The lowest BCUT2D eigenvalue weighted by Crippen LogP contribution is -2.39. The van der Waals surface area contributed by atoms with Crippen LogP contribution in [-0.4, -0.2) is 41.5 Å². The number of carbonyl (C=O) groups is 1. The van der Waals surface area contributed by atoms with Crippen LogP contribution < -0.4 is 5.32 Å². The molecule has 0 radical (unpaired) electrons. The van der Waals surface area contributed by atoms with Gasteiger partial charge in [-0.3, -0.25) is 9.69 Å². The van der Waals surface area contributed by atoms with Crippen LogP contribution in [0, 0.1) is 0 Å². The van der Waals surface area contributed by atoms with Gasteiger partial charge >= 0.3 is 0 Å². The zero-order chi connectivity index (χ0) is 14.8. The Labute approximate surface area is 129 Å². The van der Waals surface area contributed by atoms with Crippen molar-refractivity contribution < 1.29 is 4.79 Å². The summed E-state index contributed by atoms with van der Waals surface area (Å²) < 4.78 is 0. The number of benzene rings is 1. The first-order chi connectivity index (χ1) is 10.2. The molecule has 4 nitrogen and oxygen atoms in total. The molecule has 5 heteroatoms. The second-order valence-corrected chi connectivity index (χ2v) is 5.96. The fraction of sp³-hybridized carbons (Fsp3) is 0.438. The normalized spacial score (nSPS) is 19.2. The number of aromatic nitrogens is 1. The number of hydrogen-bond acceptors (Lipinski definition) is 2. The van der Waals surface area contributed by atoms with Crippen LogP contribution in [0.15, 0.2) is 24.4 Å². The molecule has 1 fully saturated rings. The Kier molecular flexibility index (Phi) is 4.17. The summed E-state index contributed by atoms with van der Waals surface area (Å²) in [5.41, 5.74) is 1.58. The van der Waals surface area contributed by atoms with Gasteiger partial charge in [0, 0.05) is 34.7 Å². The molecule has 21 heavy (non-hydrogen) atoms. The van der Waals surface area contributed by atoms with Gasteiger partial charge in [-0.15, -0.1) is 0 Å². The number of fused-ring (bicyclic) bond motifs is 1. The minimum atomic E-state index is -0.0217. The van der Waals surface area contributed by atoms with Crippen molar-refractivity contribution in [2.75, 3.05) is 19.6 Å². The molecular weight excluding hydrogens is 286 g/mol. The maximum Gasteiger partial charge on any atom is 0.253 e. The molecule has 3 rings (SSSR count). The van der Waals surface area contributed by atoms with Crippen LogP contribution in [0.4, 0.5) is 0 Å². The van der Waals surface area contributed by atoms with Crippen molar-refractivity contribution in [2.24, 2.45) is 0 Å². The summed E-state index contributed by atoms with van der Waals surface area (Å²) in [6, 6.07) is 6.00. The second kappa shape index (κ2) is 6.08. The van der Waals surface area contributed by atoms with E-state index in [1.165, 1.54) is 6.42 Å². The highest BCUT2D eigenvalue weighted by atomic mass is 35.5. The van der Waals surface area contributed by atoms with Crippen molar-refractivity contribution in [3.05, 3.63) is 35.0 Å². The standard InChI is InChI=1S/C16H20ClN3O/c1-2-20-7-3-4-12(20)9-19-16(21)14-10-18-15-8-11(17)5-6-13(14)15/h5-6,8,10,12,18H,2-4,7,9H2,1H3,(H,19,21)/t12-/m1/s1. The van der Waals surface area contributed by atoms with Crippen LogP contribution in [-0.2, 0) is 0 Å². The lowest BCUT2D eigenvalue weighted by molar-refractivity contribution is 0.0943. The predicted octanol–water partition coefficient (Wildman–Crippen LogP) is 3.04. The highest BCUT2D eigenvalue weighted by Gasteiger charge is 2.23. The van der Waals surface area contributed by atoms with Crippen molar-refractivity contribution in [2.45, 2.75) is 25.8 Å². The number of hydrogen-bond donors (Lipinski definition) is 2. The highest BCUT2D eigenvalue weighted by Crippen LogP contribution is 2.22. The monoisotopic (exact) mass is 305 g/mol. The average Bonchev–Trinajstić information content (AvgIpc) is 3.10. The summed E-state index contributed by atoms with van der Waals surface area (Å²) in [7, 11) is 0. The molecule has 0 bridgehead atoms. The average molecular weight is 306 g/mol. The Hall–Kier alpha value is -1.52. The zero-order valence-electron chi connectivity index (χ0n) is 12.2. The van der Waals surface area contributed by atoms with Crippen molar-refractivity contribution in [1.29, 1.82) is 0 Å². The van der Waals surface area contributed by atoms with E-state index in [0.29, 0.717) is 23.2 Å². The minimum absolute atomic E-state index is 0.0217. The molecule has 0 unspecified atom stereocenters. The van der Waals surface area contributed by atoms with Gasteiger partial charge < -0.3 is 10.3 Å². The van der Waals surface area contributed by atoms with Crippen LogP contribution in [0.2, 0.25) is 5.02 Å². The summed E-state index contributed by atoms with van der Waals surface area (Å²) >= 11 is 5.96. The van der Waals surface area contributed by atoms with Crippen molar-refractivity contribution in [3.63, 3.8) is 0 Å². The van der Waals surface area contributed by atoms with Gasteiger partial charge in [0.25, 0.3) is 5.91 Å². The number of nitrogens with one attached hydrogen (secondary N) is 2. The molecule has 1 aliphatic heterocycles. The van der Waals surface area contributed by atoms with Crippen molar-refractivity contribution in [1.82, 2.24) is 15.2 Å². The Morgan fingerprint density at radius 3 is 3.19 bits per heavy atom. The largest absolute Gasteiger partial charge is 0.360 e. The smallest absolute Gasteiger partial charge is 0.253 e. The molecule has 1 atom stereocenters. The number of likely N-dealkylation sites (N-methyl/N-ethyl adjacent to an activating group) is 1. The van der Waals surface area contributed by atoms with E-state index in [9.17, 15) is 4.79 Å². The Bertz CT molecular complexity index is 652. The number of H-pyrrole nitrogens is 1. The van der Waals surface area contributed by atoms with E-state index in [4.69, 9.17) is 11.6 Å². The Morgan fingerprint density at radius 1 is 1.52 bits per heavy atom. The number of amides is 1. The third kappa shape index (κ3) is 2.92. The predicted molar refractivity (Wildman–Crippen MR) is 85.9 cm³/mol. The van der Waals surface area contributed by atoms with Gasteiger partial charge in [0.2, 0.25) is 0 Å². The van der Waals surface area contributed by atoms with Gasteiger partial charge in [-0.1, -0.05) is 24.6 Å². The van der Waals surface area contributed by atoms with E-state index in [1.54, 1.807) is 6.20 Å². The number of carbonyl (C=O) groups excluding carboxylic acids is 1. The number of rotatable bonds is 4. The number of nitrogens with zero attached hydrogens (tertiary/aromatic N) is 1. The molecule has 2 aromatic rings. The van der Waals surface area contributed by atoms with E-state index < -0.39 is 0 Å². The summed E-state index contributed by atoms with van der Waals surface area (Å²) in [6.45, 7) is 5.07. The maximum atomic E-state index is 12.4. The fourth-order valence-corrected chi connectivity index (χ4v) is 3.31. The molecule has 0 spiro atoms. The summed E-state index contributed by atoms with van der Waals surface area (Å²) in [4.78, 5) is 17.9. The van der Waals surface area contributed by atoms with Crippen LogP contribution in [0.25, 0.3) is 10.9 Å². The molecule has 2 heterocycles. The molecule has 1 aromatic carbocycles. The van der Waals surface area contributed by atoms with Crippen LogP contribution in [0.1, 0.15) is 30.1 Å². The van der Waals surface area contributed by atoms with Gasteiger partial charge in [0.1, 0.15) is 0 Å². The van der Waals surface area contributed by atoms with Gasteiger partial charge in [-0.05, 0) is 38.1 Å². The summed E-state index contributed by atoms with van der Waals surface area (Å²) in [6.07, 6.45) is 4.14. The van der Waals surface area contributed by atoms with Crippen molar-refractivity contribution in [3.8, 4) is 0 Å². The molecule has 0 saturated carbocycles. The molecule has 1 aromatic heterocycles. The summed E-state index contributed by atoms with van der Waals surface area (Å²) in [5, 5.41) is 4.64. The number of halogens is 1. The van der Waals surface area contributed by atoms with Crippen LogP contribution >= 0.6 is 11.6 Å². The third-order valence-electron chi connectivity index (χ3n) is 4.29. The van der Waals surface area contributed by atoms with Gasteiger partial charge in [0.15, 0.2) is 0 Å². The van der Waals surface area contributed by atoms with E-state index in [2.05, 4.69) is 22.1 Å². The quantitative estimate of drug-likeness (QED) is 0.912. The van der Waals surface area contributed by atoms with E-state index >= 15 is 0 Å². The number of likely N-dealkylation sites (tertiary alicyclic amines) is 1. The molecular formula is C16H20ClN3O. The molecule has 0 aliphatic carbocycles. The van der Waals surface area contributed by atoms with E-state index in [-0.39, 0.29) is 5.91 Å². The molecule has 1 aliphatic rings. The Morgan fingerprint density at radius 2 is 2.38 bits per heavy atom. The van der Waals surface area contributed by atoms with Gasteiger partial charge in [0.05, 0.1) is 5.56 Å².